The SMILES string of the molecule is CC(=O)N[C@H](Cc1cnc[nH]1)C(=O)N[C@H](Cc1cnc[nH]1)C(=O)NCC(=O)N[C@@H](Cc1cnc[nH]1)C(=O)O. The number of nitrogens with one attached hydrogen (secondary N) is 7. The Morgan fingerprint density at radius 3 is 1.63 bits per heavy atom. The van der Waals surface area contributed by atoms with E-state index in [1.54, 1.807) is 0 Å². The number of hydrogen-bond acceptors (Lipinski definition) is 8. The first-order valence-corrected chi connectivity index (χ1v) is 11.5. The molecular weight excluding hydrogens is 500 g/mol. The molecule has 0 saturated heterocycles. The average molecular weight is 529 g/mol. The molecule has 8 N–H and O–H groups in total. The van der Waals surface area contributed by atoms with Crippen molar-refractivity contribution in [1.82, 2.24) is 51.2 Å². The number of amides is 4. The number of aromatic nitrogens is 6. The Morgan fingerprint density at radius 2 is 1.21 bits per heavy atom. The number of carboxylic acids is 1. The van der Waals surface area contributed by atoms with Crippen LogP contribution >= 0.6 is 0 Å². The Kier molecular flexibility index (Phi) is 9.67. The average Bonchev–Trinajstić information content (AvgIpc) is 3.65. The van der Waals surface area contributed by atoms with Crippen LogP contribution in [0.2, 0.25) is 0 Å². The van der Waals surface area contributed by atoms with Gasteiger partial charge in [0.25, 0.3) is 0 Å². The second kappa shape index (κ2) is 13.3. The number of aromatic amines is 3. The highest BCUT2D eigenvalue weighted by Gasteiger charge is 2.28. The van der Waals surface area contributed by atoms with Gasteiger partial charge in [-0.3, -0.25) is 19.2 Å². The lowest BCUT2D eigenvalue weighted by Crippen LogP contribution is -2.56. The van der Waals surface area contributed by atoms with Gasteiger partial charge >= 0.3 is 5.97 Å². The van der Waals surface area contributed by atoms with Gasteiger partial charge in [0.15, 0.2) is 0 Å². The van der Waals surface area contributed by atoms with Crippen LogP contribution in [0.15, 0.2) is 37.6 Å². The molecule has 0 fully saturated rings. The lowest BCUT2D eigenvalue weighted by molar-refractivity contribution is -0.141. The molecule has 0 aliphatic carbocycles. The third-order valence-electron chi connectivity index (χ3n) is 5.32. The fraction of sp³-hybridized carbons (Fsp3) is 0.364. The third kappa shape index (κ3) is 8.58. The number of H-pyrrole nitrogens is 3. The van der Waals surface area contributed by atoms with Crippen LogP contribution in [0.25, 0.3) is 0 Å². The van der Waals surface area contributed by atoms with Crippen molar-refractivity contribution >= 4 is 29.6 Å². The van der Waals surface area contributed by atoms with Gasteiger partial charge in [0, 0.05) is 61.9 Å². The summed E-state index contributed by atoms with van der Waals surface area (Å²) < 4.78 is 0. The largest absolute Gasteiger partial charge is 0.480 e. The molecule has 3 aromatic rings. The van der Waals surface area contributed by atoms with Crippen molar-refractivity contribution in [2.75, 3.05) is 6.54 Å². The van der Waals surface area contributed by atoms with Crippen LogP contribution in [0.1, 0.15) is 24.0 Å². The highest BCUT2D eigenvalue weighted by molar-refractivity contribution is 5.94. The first-order chi connectivity index (χ1) is 18.2. The monoisotopic (exact) mass is 528 g/mol. The van der Waals surface area contributed by atoms with E-state index in [1.165, 1.54) is 44.5 Å². The van der Waals surface area contributed by atoms with E-state index in [0.29, 0.717) is 17.1 Å². The van der Waals surface area contributed by atoms with Gasteiger partial charge in [-0.1, -0.05) is 0 Å². The minimum Gasteiger partial charge on any atom is -0.480 e. The Bertz CT molecular complexity index is 1210. The first kappa shape index (κ1) is 27.6. The molecular formula is C22H28N10O6. The smallest absolute Gasteiger partial charge is 0.326 e. The molecule has 0 aliphatic heterocycles. The van der Waals surface area contributed by atoms with Crippen molar-refractivity contribution in [3.8, 4) is 0 Å². The fourth-order valence-corrected chi connectivity index (χ4v) is 3.52. The first-order valence-electron chi connectivity index (χ1n) is 11.5. The number of carbonyl (C=O) groups excluding carboxylic acids is 4. The molecule has 0 unspecified atom stereocenters. The number of carboxylic acid groups (broad SMARTS) is 1. The molecule has 38 heavy (non-hydrogen) atoms. The Morgan fingerprint density at radius 1 is 0.737 bits per heavy atom. The molecule has 0 spiro atoms. The third-order valence-corrected chi connectivity index (χ3v) is 5.32. The lowest BCUT2D eigenvalue weighted by atomic mass is 10.1. The van der Waals surface area contributed by atoms with E-state index in [2.05, 4.69) is 51.2 Å². The van der Waals surface area contributed by atoms with Gasteiger partial charge in [-0.05, 0) is 0 Å². The molecule has 4 amide bonds. The van der Waals surface area contributed by atoms with E-state index in [0.717, 1.165) is 0 Å². The highest BCUT2D eigenvalue weighted by Crippen LogP contribution is 2.04. The van der Waals surface area contributed by atoms with Gasteiger partial charge in [0.1, 0.15) is 18.1 Å². The standard InChI is InChI=1S/C22H28N10O6/c1-12(33)30-17(3-14-6-24-10-28-14)21(36)32-16(2-13-5-23-9-27-13)20(35)26-8-19(34)31-18(22(37)38)4-15-7-25-11-29-15/h5-7,9-11,16-18H,2-4,8H2,1H3,(H,23,27)(H,24,28)(H,25,29)(H,26,35)(H,30,33)(H,31,34)(H,32,36)(H,37,38)/t16-,17-,18+/m1/s1. The number of rotatable bonds is 14. The Hall–Kier alpha value is -5.02. The van der Waals surface area contributed by atoms with Crippen molar-refractivity contribution < 1.29 is 29.1 Å². The van der Waals surface area contributed by atoms with Crippen LogP contribution < -0.4 is 21.3 Å². The van der Waals surface area contributed by atoms with Crippen LogP contribution in [0.3, 0.4) is 0 Å². The molecule has 3 atom stereocenters. The Balaban J connectivity index is 1.63. The van der Waals surface area contributed by atoms with E-state index in [1.807, 2.05) is 0 Å². The van der Waals surface area contributed by atoms with Crippen LogP contribution in [0, 0.1) is 0 Å². The zero-order valence-electron chi connectivity index (χ0n) is 20.4. The second-order valence-corrected chi connectivity index (χ2v) is 8.33. The molecule has 16 nitrogen and oxygen atoms in total. The molecule has 16 heteroatoms. The van der Waals surface area contributed by atoms with Gasteiger partial charge in [-0.25, -0.2) is 19.7 Å². The number of hydrogen-bond donors (Lipinski definition) is 8. The van der Waals surface area contributed by atoms with E-state index in [9.17, 15) is 29.1 Å². The summed E-state index contributed by atoms with van der Waals surface area (Å²) in [5.41, 5.74) is 1.63. The topological polar surface area (TPSA) is 240 Å². The molecule has 0 aromatic carbocycles. The number of nitrogens with zero attached hydrogens (tertiary/aromatic N) is 3. The maximum absolute atomic E-state index is 13.0. The minimum atomic E-state index is -1.26. The molecule has 0 bridgehead atoms. The predicted octanol–water partition coefficient (Wildman–Crippen LogP) is -2.44. The van der Waals surface area contributed by atoms with Crippen molar-refractivity contribution in [2.24, 2.45) is 0 Å². The molecule has 3 rings (SSSR count). The maximum atomic E-state index is 13.0. The molecule has 3 heterocycles. The molecule has 3 aromatic heterocycles. The minimum absolute atomic E-state index is 0.00756. The summed E-state index contributed by atoms with van der Waals surface area (Å²) in [6.45, 7) is 0.724. The summed E-state index contributed by atoms with van der Waals surface area (Å²) >= 11 is 0. The van der Waals surface area contributed by atoms with Gasteiger partial charge in [0.05, 0.1) is 25.5 Å². The summed E-state index contributed by atoms with van der Waals surface area (Å²) in [7, 11) is 0. The van der Waals surface area contributed by atoms with Crippen molar-refractivity contribution in [3.05, 3.63) is 54.7 Å². The van der Waals surface area contributed by atoms with E-state index in [-0.39, 0.29) is 19.3 Å². The normalized spacial score (nSPS) is 13.1. The number of aliphatic carboxylic acids is 1. The quantitative estimate of drug-likeness (QED) is 0.111. The maximum Gasteiger partial charge on any atom is 0.326 e. The second-order valence-electron chi connectivity index (χ2n) is 8.33. The summed E-state index contributed by atoms with van der Waals surface area (Å²) in [5, 5.41) is 19.3. The number of carbonyl (C=O) groups is 5. The molecule has 0 radical (unpaired) electrons. The van der Waals surface area contributed by atoms with Gasteiger partial charge < -0.3 is 41.3 Å². The van der Waals surface area contributed by atoms with Gasteiger partial charge in [-0.15, -0.1) is 0 Å². The van der Waals surface area contributed by atoms with Crippen LogP contribution in [0.5, 0.6) is 0 Å². The van der Waals surface area contributed by atoms with E-state index >= 15 is 0 Å². The van der Waals surface area contributed by atoms with Crippen molar-refractivity contribution in [2.45, 2.75) is 44.3 Å². The fourth-order valence-electron chi connectivity index (χ4n) is 3.52. The van der Waals surface area contributed by atoms with Crippen LogP contribution in [-0.4, -0.2) is 89.3 Å². The lowest BCUT2D eigenvalue weighted by Gasteiger charge is -2.22. The zero-order valence-corrected chi connectivity index (χ0v) is 20.4. The zero-order chi connectivity index (χ0) is 27.5. The summed E-state index contributed by atoms with van der Waals surface area (Å²) in [4.78, 5) is 81.7. The van der Waals surface area contributed by atoms with E-state index < -0.39 is 54.3 Å². The molecule has 0 aliphatic rings. The van der Waals surface area contributed by atoms with Crippen LogP contribution in [-0.2, 0) is 43.2 Å². The summed E-state index contributed by atoms with van der Waals surface area (Å²) in [6, 6.07) is -3.40. The van der Waals surface area contributed by atoms with Gasteiger partial charge in [0.2, 0.25) is 23.6 Å². The molecule has 0 saturated carbocycles. The summed E-state index contributed by atoms with van der Waals surface area (Å²) in [6.07, 6.45) is 8.71. The predicted molar refractivity (Wildman–Crippen MR) is 129 cm³/mol. The highest BCUT2D eigenvalue weighted by atomic mass is 16.4. The number of imidazole rings is 3. The van der Waals surface area contributed by atoms with Crippen molar-refractivity contribution in [1.29, 1.82) is 0 Å². The Labute approximate surface area is 215 Å². The van der Waals surface area contributed by atoms with Gasteiger partial charge in [-0.2, -0.15) is 0 Å². The molecule has 202 valence electrons. The summed E-state index contributed by atoms with van der Waals surface area (Å²) in [5.74, 6) is -3.78. The van der Waals surface area contributed by atoms with Crippen LogP contribution in [0.4, 0.5) is 0 Å². The van der Waals surface area contributed by atoms with E-state index in [4.69, 9.17) is 0 Å². The van der Waals surface area contributed by atoms with Crippen molar-refractivity contribution in [3.63, 3.8) is 0 Å².